The van der Waals surface area contributed by atoms with Crippen LogP contribution in [-0.4, -0.2) is 31.1 Å². The summed E-state index contributed by atoms with van der Waals surface area (Å²) in [5.41, 5.74) is 0.571. The third-order valence-corrected chi connectivity index (χ3v) is 3.94. The fourth-order valence-electron chi connectivity index (χ4n) is 2.88. The number of benzene rings is 1. The van der Waals surface area contributed by atoms with Crippen molar-refractivity contribution in [2.75, 3.05) is 26.2 Å². The van der Waals surface area contributed by atoms with E-state index in [1.807, 2.05) is 0 Å². The van der Waals surface area contributed by atoms with E-state index in [-0.39, 0.29) is 42.1 Å². The van der Waals surface area contributed by atoms with E-state index in [1.54, 1.807) is 12.1 Å². The van der Waals surface area contributed by atoms with Crippen LogP contribution in [0.5, 0.6) is 0 Å². The largest absolute Gasteiger partial charge is 0.314 e. The third kappa shape index (κ3) is 4.97. The van der Waals surface area contributed by atoms with Crippen LogP contribution in [0, 0.1) is 11.2 Å². The van der Waals surface area contributed by atoms with Gasteiger partial charge >= 0.3 is 0 Å². The molecule has 6 heteroatoms. The SMILES string of the molecule is CC(C)(C)[C@H](c1c(F)cccc1Cl)N1CCNCC1.Cl.Cl. The first-order valence-electron chi connectivity index (χ1n) is 6.80. The Morgan fingerprint density at radius 2 is 1.76 bits per heavy atom. The second-order valence-corrected chi connectivity index (χ2v) is 6.60. The molecule has 2 rings (SSSR count). The van der Waals surface area contributed by atoms with Crippen molar-refractivity contribution in [2.24, 2.45) is 5.41 Å². The maximum absolute atomic E-state index is 14.3. The van der Waals surface area contributed by atoms with E-state index in [9.17, 15) is 4.39 Å². The molecule has 0 bridgehead atoms. The van der Waals surface area contributed by atoms with E-state index in [0.29, 0.717) is 10.6 Å². The van der Waals surface area contributed by atoms with Crippen molar-refractivity contribution in [3.8, 4) is 0 Å². The highest BCUT2D eigenvalue weighted by Crippen LogP contribution is 2.42. The Kier molecular flexibility index (Phi) is 8.52. The second-order valence-electron chi connectivity index (χ2n) is 6.19. The first-order chi connectivity index (χ1) is 8.91. The van der Waals surface area contributed by atoms with Gasteiger partial charge in [-0.05, 0) is 17.5 Å². The lowest BCUT2D eigenvalue weighted by atomic mass is 9.80. The van der Waals surface area contributed by atoms with Crippen LogP contribution in [0.3, 0.4) is 0 Å². The van der Waals surface area contributed by atoms with E-state index in [4.69, 9.17) is 11.6 Å². The molecular weight excluding hydrogens is 334 g/mol. The molecule has 1 heterocycles. The molecule has 2 nitrogen and oxygen atoms in total. The topological polar surface area (TPSA) is 15.3 Å². The van der Waals surface area contributed by atoms with Crippen LogP contribution in [-0.2, 0) is 0 Å². The Morgan fingerprint density at radius 3 is 2.24 bits per heavy atom. The van der Waals surface area contributed by atoms with Crippen LogP contribution in [0.25, 0.3) is 0 Å². The molecule has 122 valence electrons. The molecule has 1 fully saturated rings. The molecule has 1 aromatic rings. The summed E-state index contributed by atoms with van der Waals surface area (Å²) in [6, 6.07) is 4.95. The molecule has 0 spiro atoms. The lowest BCUT2D eigenvalue weighted by Gasteiger charge is -2.43. The second kappa shape index (κ2) is 8.54. The van der Waals surface area contributed by atoms with Gasteiger partial charge in [-0.15, -0.1) is 24.8 Å². The van der Waals surface area contributed by atoms with E-state index in [0.717, 1.165) is 26.2 Å². The molecular formula is C15H24Cl3FN2. The van der Waals surface area contributed by atoms with Crippen LogP contribution in [0.15, 0.2) is 18.2 Å². The maximum Gasteiger partial charge on any atom is 0.129 e. The van der Waals surface area contributed by atoms with Gasteiger partial charge in [-0.25, -0.2) is 4.39 Å². The summed E-state index contributed by atoms with van der Waals surface area (Å²) >= 11 is 6.27. The van der Waals surface area contributed by atoms with Crippen LogP contribution in [0.2, 0.25) is 5.02 Å². The zero-order chi connectivity index (χ0) is 14.0. The van der Waals surface area contributed by atoms with Crippen molar-refractivity contribution in [1.29, 1.82) is 0 Å². The van der Waals surface area contributed by atoms with Gasteiger partial charge in [-0.2, -0.15) is 0 Å². The highest BCUT2D eigenvalue weighted by Gasteiger charge is 2.35. The van der Waals surface area contributed by atoms with Crippen molar-refractivity contribution < 1.29 is 4.39 Å². The lowest BCUT2D eigenvalue weighted by Crippen LogP contribution is -2.48. The van der Waals surface area contributed by atoms with Crippen molar-refractivity contribution in [2.45, 2.75) is 26.8 Å². The lowest BCUT2D eigenvalue weighted by molar-refractivity contribution is 0.0835. The minimum atomic E-state index is -0.203. The Balaban J connectivity index is 0.00000200. The number of nitrogens with one attached hydrogen (secondary N) is 1. The molecule has 0 aromatic heterocycles. The maximum atomic E-state index is 14.3. The monoisotopic (exact) mass is 356 g/mol. The summed E-state index contributed by atoms with van der Waals surface area (Å²) in [7, 11) is 0. The summed E-state index contributed by atoms with van der Waals surface area (Å²) in [5, 5.41) is 3.86. The quantitative estimate of drug-likeness (QED) is 0.848. The first kappa shape index (κ1) is 20.9. The number of nitrogens with zero attached hydrogens (tertiary/aromatic N) is 1. The molecule has 0 radical (unpaired) electrons. The molecule has 1 saturated heterocycles. The van der Waals surface area contributed by atoms with Gasteiger partial charge in [0.05, 0.1) is 0 Å². The fourth-order valence-corrected chi connectivity index (χ4v) is 3.14. The summed E-state index contributed by atoms with van der Waals surface area (Å²) in [4.78, 5) is 2.33. The number of halogens is 4. The third-order valence-electron chi connectivity index (χ3n) is 3.61. The Morgan fingerprint density at radius 1 is 1.19 bits per heavy atom. The smallest absolute Gasteiger partial charge is 0.129 e. The van der Waals surface area contributed by atoms with Crippen molar-refractivity contribution in [1.82, 2.24) is 10.2 Å². The van der Waals surface area contributed by atoms with Gasteiger partial charge in [0.1, 0.15) is 5.82 Å². The van der Waals surface area contributed by atoms with E-state index in [1.165, 1.54) is 6.07 Å². The average molecular weight is 358 g/mol. The molecule has 1 aromatic carbocycles. The highest BCUT2D eigenvalue weighted by molar-refractivity contribution is 6.31. The van der Waals surface area contributed by atoms with Crippen molar-refractivity contribution in [3.05, 3.63) is 34.6 Å². The van der Waals surface area contributed by atoms with Crippen molar-refractivity contribution >= 4 is 36.4 Å². The number of piperazine rings is 1. The minimum absolute atomic E-state index is 0. The van der Waals surface area contributed by atoms with E-state index < -0.39 is 0 Å². The predicted octanol–water partition coefficient (Wildman–Crippen LogP) is 4.32. The zero-order valence-electron chi connectivity index (χ0n) is 12.7. The molecule has 0 amide bonds. The van der Waals surface area contributed by atoms with E-state index >= 15 is 0 Å². The average Bonchev–Trinajstić information content (AvgIpc) is 2.33. The van der Waals surface area contributed by atoms with Crippen LogP contribution >= 0.6 is 36.4 Å². The molecule has 1 atom stereocenters. The number of hydrogen-bond donors (Lipinski definition) is 1. The number of rotatable bonds is 2. The zero-order valence-corrected chi connectivity index (χ0v) is 15.0. The Labute approximate surface area is 144 Å². The van der Waals surface area contributed by atoms with Crippen LogP contribution in [0.1, 0.15) is 32.4 Å². The van der Waals surface area contributed by atoms with E-state index in [2.05, 4.69) is 31.0 Å². The molecule has 0 saturated carbocycles. The Bertz CT molecular complexity index is 423. The number of hydrogen-bond acceptors (Lipinski definition) is 2. The first-order valence-corrected chi connectivity index (χ1v) is 7.18. The molecule has 0 aliphatic carbocycles. The van der Waals surface area contributed by atoms with Gasteiger partial charge in [0, 0.05) is 42.8 Å². The van der Waals surface area contributed by atoms with Crippen molar-refractivity contribution in [3.63, 3.8) is 0 Å². The Hall–Kier alpha value is -0.0600. The van der Waals surface area contributed by atoms with Gasteiger partial charge in [0.25, 0.3) is 0 Å². The highest BCUT2D eigenvalue weighted by atomic mass is 35.5. The molecule has 1 aliphatic rings. The van der Waals surface area contributed by atoms with Crippen LogP contribution < -0.4 is 5.32 Å². The molecule has 1 aliphatic heterocycles. The summed E-state index contributed by atoms with van der Waals surface area (Å²) in [5.74, 6) is -0.203. The van der Waals surface area contributed by atoms with Gasteiger partial charge in [0.15, 0.2) is 0 Å². The fraction of sp³-hybridized carbons (Fsp3) is 0.600. The predicted molar refractivity (Wildman–Crippen MR) is 92.5 cm³/mol. The summed E-state index contributed by atoms with van der Waals surface area (Å²) in [6.07, 6.45) is 0. The van der Waals surface area contributed by atoms with Gasteiger partial charge in [-0.3, -0.25) is 4.90 Å². The van der Waals surface area contributed by atoms with Gasteiger partial charge < -0.3 is 5.32 Å². The summed E-state index contributed by atoms with van der Waals surface area (Å²) < 4.78 is 14.3. The molecule has 21 heavy (non-hydrogen) atoms. The van der Waals surface area contributed by atoms with Gasteiger partial charge in [0.2, 0.25) is 0 Å². The summed E-state index contributed by atoms with van der Waals surface area (Å²) in [6.45, 7) is 10.2. The minimum Gasteiger partial charge on any atom is -0.314 e. The molecule has 0 unspecified atom stereocenters. The molecule has 1 N–H and O–H groups in total. The standard InChI is InChI=1S/C15H22ClFN2.2ClH/c1-15(2,3)14(19-9-7-18-8-10-19)13-11(16)5-4-6-12(13)17;;/h4-6,14,18H,7-10H2,1-3H3;2*1H/t14-;;/m0../s1. The normalized spacial score (nSPS) is 17.6. The van der Waals surface area contributed by atoms with Gasteiger partial charge in [-0.1, -0.05) is 38.4 Å². The van der Waals surface area contributed by atoms with Crippen LogP contribution in [0.4, 0.5) is 4.39 Å².